The van der Waals surface area contributed by atoms with Crippen LogP contribution in [0.5, 0.6) is 5.75 Å². The summed E-state index contributed by atoms with van der Waals surface area (Å²) >= 11 is 8.20. The van der Waals surface area contributed by atoms with Crippen LogP contribution in [-0.2, 0) is 4.79 Å². The average molecular weight is 418 g/mol. The van der Waals surface area contributed by atoms with Crippen LogP contribution in [0.1, 0.15) is 13.8 Å². The number of carbonyl (C=O) groups is 1. The SMILES string of the molecule is CCOc1ccccc1NC(=O)C(C)Sc1nn(-c2ccccc2)c(=S)s1. The molecule has 27 heavy (non-hydrogen) atoms. The number of para-hydroxylation sites is 3. The standard InChI is InChI=1S/C19H19N3O2S3/c1-3-24-16-12-8-7-11-15(16)20-17(23)13(2)26-18-21-22(19(25)27-18)14-9-5-4-6-10-14/h4-13H,3H2,1-2H3,(H,20,23). The number of hydrogen-bond donors (Lipinski definition) is 1. The molecule has 0 saturated heterocycles. The minimum Gasteiger partial charge on any atom is -0.492 e. The molecule has 0 fully saturated rings. The highest BCUT2D eigenvalue weighted by atomic mass is 32.2. The Bertz CT molecular complexity index is 970. The van der Waals surface area contributed by atoms with Crippen molar-refractivity contribution in [2.45, 2.75) is 23.4 Å². The monoisotopic (exact) mass is 417 g/mol. The van der Waals surface area contributed by atoms with E-state index in [1.165, 1.54) is 23.1 Å². The molecule has 1 amide bonds. The summed E-state index contributed by atoms with van der Waals surface area (Å²) in [6.07, 6.45) is 0. The first-order chi connectivity index (χ1) is 13.1. The van der Waals surface area contributed by atoms with Crippen LogP contribution < -0.4 is 10.1 Å². The molecular weight excluding hydrogens is 398 g/mol. The van der Waals surface area contributed by atoms with Crippen LogP contribution in [-0.4, -0.2) is 27.5 Å². The van der Waals surface area contributed by atoms with Crippen molar-refractivity contribution in [1.29, 1.82) is 0 Å². The van der Waals surface area contributed by atoms with E-state index in [9.17, 15) is 4.79 Å². The number of amides is 1. The number of nitrogens with one attached hydrogen (secondary N) is 1. The van der Waals surface area contributed by atoms with Crippen LogP contribution >= 0.6 is 35.3 Å². The number of rotatable bonds is 7. The van der Waals surface area contributed by atoms with E-state index in [2.05, 4.69) is 10.4 Å². The lowest BCUT2D eigenvalue weighted by Crippen LogP contribution is -2.22. The number of benzene rings is 2. The fraction of sp³-hybridized carbons (Fsp3) is 0.211. The molecule has 2 aromatic carbocycles. The quantitative estimate of drug-likeness (QED) is 0.424. The molecule has 0 aliphatic heterocycles. The lowest BCUT2D eigenvalue weighted by molar-refractivity contribution is -0.115. The molecule has 0 bridgehead atoms. The second-order valence-electron chi connectivity index (χ2n) is 5.56. The topological polar surface area (TPSA) is 56.1 Å². The summed E-state index contributed by atoms with van der Waals surface area (Å²) in [6.45, 7) is 4.30. The maximum absolute atomic E-state index is 12.6. The number of ether oxygens (including phenoxy) is 1. The first-order valence-electron chi connectivity index (χ1n) is 8.43. The van der Waals surface area contributed by atoms with E-state index >= 15 is 0 Å². The molecular formula is C19H19N3O2S3. The lowest BCUT2D eigenvalue weighted by Gasteiger charge is -2.13. The van der Waals surface area contributed by atoms with E-state index < -0.39 is 0 Å². The molecule has 8 heteroatoms. The average Bonchev–Trinajstić information content (AvgIpc) is 3.04. The molecule has 0 aliphatic rings. The maximum atomic E-state index is 12.6. The van der Waals surface area contributed by atoms with Crippen molar-refractivity contribution in [3.05, 3.63) is 58.6 Å². The van der Waals surface area contributed by atoms with E-state index in [-0.39, 0.29) is 11.2 Å². The van der Waals surface area contributed by atoms with Gasteiger partial charge in [-0.2, -0.15) is 0 Å². The van der Waals surface area contributed by atoms with Gasteiger partial charge in [0.2, 0.25) is 5.91 Å². The summed E-state index contributed by atoms with van der Waals surface area (Å²) in [6, 6.07) is 17.1. The zero-order valence-electron chi connectivity index (χ0n) is 14.9. The molecule has 1 heterocycles. The highest BCUT2D eigenvalue weighted by molar-refractivity contribution is 8.02. The molecule has 0 saturated carbocycles. The molecule has 140 valence electrons. The molecule has 1 N–H and O–H groups in total. The van der Waals surface area contributed by atoms with Crippen molar-refractivity contribution in [2.24, 2.45) is 0 Å². The van der Waals surface area contributed by atoms with Gasteiger partial charge in [-0.15, -0.1) is 5.10 Å². The van der Waals surface area contributed by atoms with Crippen LogP contribution in [0.2, 0.25) is 0 Å². The van der Waals surface area contributed by atoms with Crippen molar-refractivity contribution in [3.8, 4) is 11.4 Å². The Kier molecular flexibility index (Phi) is 6.65. The van der Waals surface area contributed by atoms with Gasteiger partial charge in [-0.25, -0.2) is 4.68 Å². The van der Waals surface area contributed by atoms with E-state index in [4.69, 9.17) is 17.0 Å². The van der Waals surface area contributed by atoms with Gasteiger partial charge in [-0.1, -0.05) is 53.4 Å². The van der Waals surface area contributed by atoms with E-state index in [1.54, 1.807) is 4.68 Å². The van der Waals surface area contributed by atoms with Gasteiger partial charge in [0.05, 0.1) is 23.2 Å². The number of nitrogens with zero attached hydrogens (tertiary/aromatic N) is 2. The first kappa shape index (κ1) is 19.6. The molecule has 1 aromatic heterocycles. The summed E-state index contributed by atoms with van der Waals surface area (Å²) in [5, 5.41) is 7.14. The van der Waals surface area contributed by atoms with Crippen molar-refractivity contribution < 1.29 is 9.53 Å². The highest BCUT2D eigenvalue weighted by Crippen LogP contribution is 2.29. The molecule has 1 atom stereocenters. The van der Waals surface area contributed by atoms with E-state index in [1.807, 2.05) is 68.4 Å². The van der Waals surface area contributed by atoms with Crippen molar-refractivity contribution in [1.82, 2.24) is 9.78 Å². The zero-order valence-corrected chi connectivity index (χ0v) is 17.4. The fourth-order valence-electron chi connectivity index (χ4n) is 2.33. The largest absolute Gasteiger partial charge is 0.492 e. The Balaban J connectivity index is 1.70. The summed E-state index contributed by atoms with van der Waals surface area (Å²) in [7, 11) is 0. The second kappa shape index (κ2) is 9.16. The molecule has 3 aromatic rings. The third-order valence-electron chi connectivity index (χ3n) is 3.62. The minimum absolute atomic E-state index is 0.112. The molecule has 0 radical (unpaired) electrons. The first-order valence-corrected chi connectivity index (χ1v) is 10.5. The minimum atomic E-state index is -0.329. The van der Waals surface area contributed by atoms with Crippen LogP contribution in [0, 0.1) is 3.95 Å². The Morgan fingerprint density at radius 3 is 2.70 bits per heavy atom. The van der Waals surface area contributed by atoms with Crippen molar-refractivity contribution >= 4 is 46.9 Å². The third-order valence-corrected chi connectivity index (χ3v) is 6.04. The summed E-state index contributed by atoms with van der Waals surface area (Å²) < 4.78 is 8.68. The smallest absolute Gasteiger partial charge is 0.237 e. The third kappa shape index (κ3) is 4.97. The molecule has 0 aliphatic carbocycles. The predicted molar refractivity (Wildman–Crippen MR) is 114 cm³/mol. The molecule has 3 rings (SSSR count). The highest BCUT2D eigenvalue weighted by Gasteiger charge is 2.19. The molecule has 1 unspecified atom stereocenters. The molecule has 0 spiro atoms. The Morgan fingerprint density at radius 1 is 1.26 bits per heavy atom. The van der Waals surface area contributed by atoms with Crippen LogP contribution in [0.4, 0.5) is 5.69 Å². The number of thioether (sulfide) groups is 1. The van der Waals surface area contributed by atoms with E-state index in [0.29, 0.717) is 22.0 Å². The fourth-order valence-corrected chi connectivity index (χ4v) is 4.84. The Labute approximate surface area is 171 Å². The predicted octanol–water partition coefficient (Wildman–Crippen LogP) is 5.18. The number of aromatic nitrogens is 2. The lowest BCUT2D eigenvalue weighted by atomic mass is 10.3. The zero-order chi connectivity index (χ0) is 19.2. The summed E-state index contributed by atoms with van der Waals surface area (Å²) in [5.41, 5.74) is 1.58. The van der Waals surface area contributed by atoms with Crippen LogP contribution in [0.15, 0.2) is 58.9 Å². The van der Waals surface area contributed by atoms with Gasteiger partial charge in [-0.3, -0.25) is 4.79 Å². The second-order valence-corrected chi connectivity index (χ2v) is 8.77. The van der Waals surface area contributed by atoms with Gasteiger partial charge in [0.15, 0.2) is 8.29 Å². The molecule has 5 nitrogen and oxygen atoms in total. The maximum Gasteiger partial charge on any atom is 0.237 e. The van der Waals surface area contributed by atoms with E-state index in [0.717, 1.165) is 10.0 Å². The normalized spacial score (nSPS) is 11.8. The Hall–Kier alpha value is -2.16. The van der Waals surface area contributed by atoms with Gasteiger partial charge in [0.1, 0.15) is 5.75 Å². The van der Waals surface area contributed by atoms with Gasteiger partial charge in [-0.05, 0) is 50.3 Å². The van der Waals surface area contributed by atoms with Crippen LogP contribution in [0.3, 0.4) is 0 Å². The number of carbonyl (C=O) groups excluding carboxylic acids is 1. The van der Waals surface area contributed by atoms with Gasteiger partial charge >= 0.3 is 0 Å². The van der Waals surface area contributed by atoms with Gasteiger partial charge < -0.3 is 10.1 Å². The Morgan fingerprint density at radius 2 is 1.96 bits per heavy atom. The number of hydrogen-bond acceptors (Lipinski definition) is 6. The van der Waals surface area contributed by atoms with Crippen LogP contribution in [0.25, 0.3) is 5.69 Å². The number of anilines is 1. The summed E-state index contributed by atoms with van der Waals surface area (Å²) in [4.78, 5) is 12.6. The van der Waals surface area contributed by atoms with Crippen molar-refractivity contribution in [2.75, 3.05) is 11.9 Å². The summed E-state index contributed by atoms with van der Waals surface area (Å²) in [5.74, 6) is 0.550. The van der Waals surface area contributed by atoms with Gasteiger partial charge in [0.25, 0.3) is 0 Å². The van der Waals surface area contributed by atoms with Gasteiger partial charge in [0, 0.05) is 0 Å². The van der Waals surface area contributed by atoms with Crippen molar-refractivity contribution in [3.63, 3.8) is 0 Å².